The van der Waals surface area contributed by atoms with Crippen molar-refractivity contribution in [1.29, 1.82) is 0 Å². The highest BCUT2D eigenvalue weighted by Gasteiger charge is 2.34. The fraction of sp³-hybridized carbons (Fsp3) is 0.200. The summed E-state index contributed by atoms with van der Waals surface area (Å²) in [4.78, 5) is 0. The molecule has 0 N–H and O–H groups in total. The van der Waals surface area contributed by atoms with Gasteiger partial charge in [-0.2, -0.15) is 22.0 Å². The molecule has 0 aliphatic heterocycles. The van der Waals surface area contributed by atoms with Crippen LogP contribution in [0, 0.1) is 12.3 Å². The smallest absolute Gasteiger partial charge is 0.186 e. The first-order valence-corrected chi connectivity index (χ1v) is 3.80. The Bertz CT molecular complexity index is 397. The second-order valence-electron chi connectivity index (χ2n) is 2.80. The quantitative estimate of drug-likeness (QED) is 0.502. The molecule has 0 fully saturated rings. The first-order chi connectivity index (χ1) is 6.77. The molecule has 0 saturated carbocycles. The maximum atomic E-state index is 12.8. The van der Waals surface area contributed by atoms with Crippen molar-refractivity contribution in [3.63, 3.8) is 0 Å². The summed E-state index contributed by atoms with van der Waals surface area (Å²) in [5, 5.41) is 0. The van der Waals surface area contributed by atoms with Crippen LogP contribution in [-0.4, -0.2) is 0 Å². The van der Waals surface area contributed by atoms with E-state index in [1.54, 1.807) is 0 Å². The van der Waals surface area contributed by atoms with Gasteiger partial charge in [-0.25, -0.2) is 0 Å². The number of terminal acetylenes is 1. The Morgan fingerprint density at radius 2 is 1.53 bits per heavy atom. The van der Waals surface area contributed by atoms with Crippen molar-refractivity contribution in [2.75, 3.05) is 0 Å². The van der Waals surface area contributed by atoms with Crippen molar-refractivity contribution in [2.24, 2.45) is 0 Å². The summed E-state index contributed by atoms with van der Waals surface area (Å²) >= 11 is 0. The van der Waals surface area contributed by atoms with Gasteiger partial charge in [0.2, 0.25) is 0 Å². The van der Waals surface area contributed by atoms with Gasteiger partial charge in [0.15, 0.2) is 0 Å². The summed E-state index contributed by atoms with van der Waals surface area (Å²) in [5.41, 5.74) is -1.98. The highest BCUT2D eigenvalue weighted by atomic mass is 19.4. The Balaban J connectivity index is 3.22. The van der Waals surface area contributed by atoms with Crippen LogP contribution in [0.15, 0.2) is 24.3 Å². The van der Waals surface area contributed by atoms with E-state index in [1.165, 1.54) is 0 Å². The summed E-state index contributed by atoms with van der Waals surface area (Å²) in [6.07, 6.45) is -0.136. The van der Waals surface area contributed by atoms with E-state index in [-0.39, 0.29) is 0 Å². The summed E-state index contributed by atoms with van der Waals surface area (Å²) in [6.45, 7) is 0. The summed E-state index contributed by atoms with van der Waals surface area (Å²) in [6, 6.07) is 2.80. The number of hydrogen-bond donors (Lipinski definition) is 0. The molecule has 0 radical (unpaired) electrons. The van der Waals surface area contributed by atoms with Crippen LogP contribution in [0.2, 0.25) is 0 Å². The normalized spacial score (nSPS) is 12.3. The Morgan fingerprint density at radius 3 is 2.00 bits per heavy atom. The molecule has 1 aromatic carbocycles. The third-order valence-corrected chi connectivity index (χ3v) is 1.73. The van der Waals surface area contributed by atoms with Gasteiger partial charge in [0, 0.05) is 5.56 Å². The van der Waals surface area contributed by atoms with Crippen molar-refractivity contribution in [1.82, 2.24) is 0 Å². The lowest BCUT2D eigenvalue weighted by molar-refractivity contribution is -0.137. The largest absolute Gasteiger partial charge is 0.416 e. The average molecular weight is 220 g/mol. The Hall–Kier alpha value is -1.57. The summed E-state index contributed by atoms with van der Waals surface area (Å²) in [7, 11) is 0. The molecule has 0 spiro atoms. The minimum absolute atomic E-state index is 0.347. The molecule has 1 aromatic rings. The first kappa shape index (κ1) is 11.5. The van der Waals surface area contributed by atoms with Crippen molar-refractivity contribution in [3.05, 3.63) is 35.4 Å². The summed E-state index contributed by atoms with van der Waals surface area (Å²) in [5.74, 6) is -2.54. The van der Waals surface area contributed by atoms with E-state index in [0.717, 1.165) is 18.1 Å². The molecule has 0 heterocycles. The number of rotatable bonds is 1. The van der Waals surface area contributed by atoms with Gasteiger partial charge in [-0.05, 0) is 18.1 Å². The molecule has 5 heteroatoms. The van der Waals surface area contributed by atoms with Crippen LogP contribution >= 0.6 is 0 Å². The SMILES string of the molecule is C#CC(F)(F)c1cccc(C(F)(F)F)c1. The standard InChI is InChI=1S/C10H5F5/c1-2-9(11,12)7-4-3-5-8(6-7)10(13,14)15/h1,3-6H. The molecule has 0 amide bonds. The molecule has 0 bridgehead atoms. The van der Waals surface area contributed by atoms with Crippen LogP contribution in [-0.2, 0) is 12.1 Å². The zero-order valence-corrected chi connectivity index (χ0v) is 7.28. The van der Waals surface area contributed by atoms with E-state index >= 15 is 0 Å². The molecule has 0 aliphatic rings. The molecule has 0 unspecified atom stereocenters. The maximum absolute atomic E-state index is 12.8. The number of halogens is 5. The van der Waals surface area contributed by atoms with Gasteiger partial charge < -0.3 is 0 Å². The fourth-order valence-electron chi connectivity index (χ4n) is 0.974. The minimum Gasteiger partial charge on any atom is -0.186 e. The first-order valence-electron chi connectivity index (χ1n) is 3.80. The molecular formula is C10H5F5. The van der Waals surface area contributed by atoms with Crippen molar-refractivity contribution < 1.29 is 22.0 Å². The van der Waals surface area contributed by atoms with E-state index in [0.29, 0.717) is 12.1 Å². The molecule has 0 aliphatic carbocycles. The molecule has 0 atom stereocenters. The van der Waals surface area contributed by atoms with E-state index in [4.69, 9.17) is 0 Å². The minimum atomic E-state index is -4.65. The second kappa shape index (κ2) is 3.54. The van der Waals surface area contributed by atoms with Crippen molar-refractivity contribution in [2.45, 2.75) is 12.1 Å². The van der Waals surface area contributed by atoms with Crippen LogP contribution in [0.5, 0.6) is 0 Å². The topological polar surface area (TPSA) is 0 Å². The molecular weight excluding hydrogens is 215 g/mol. The third-order valence-electron chi connectivity index (χ3n) is 1.73. The lowest BCUT2D eigenvalue weighted by Crippen LogP contribution is -2.12. The molecule has 15 heavy (non-hydrogen) atoms. The highest BCUT2D eigenvalue weighted by Crippen LogP contribution is 2.33. The van der Waals surface area contributed by atoms with Crippen molar-refractivity contribution >= 4 is 0 Å². The highest BCUT2D eigenvalue weighted by molar-refractivity contribution is 5.32. The van der Waals surface area contributed by atoms with Gasteiger partial charge in [0.1, 0.15) is 0 Å². The molecule has 80 valence electrons. The maximum Gasteiger partial charge on any atom is 0.416 e. The molecule has 0 saturated heterocycles. The van der Waals surface area contributed by atoms with Crippen LogP contribution in [0.1, 0.15) is 11.1 Å². The van der Waals surface area contributed by atoms with Crippen molar-refractivity contribution in [3.8, 4) is 12.3 Å². The third kappa shape index (κ3) is 2.46. The number of alkyl halides is 5. The van der Waals surface area contributed by atoms with Crippen LogP contribution in [0.25, 0.3) is 0 Å². The van der Waals surface area contributed by atoms with Gasteiger partial charge in [-0.1, -0.05) is 12.1 Å². The van der Waals surface area contributed by atoms with Gasteiger partial charge in [0.25, 0.3) is 0 Å². The predicted octanol–water partition coefficient (Wildman–Crippen LogP) is 3.43. The Morgan fingerprint density at radius 1 is 1.00 bits per heavy atom. The molecule has 0 aromatic heterocycles. The zero-order valence-electron chi connectivity index (χ0n) is 7.28. The van der Waals surface area contributed by atoms with Gasteiger partial charge in [0.05, 0.1) is 5.56 Å². The average Bonchev–Trinajstić information content (AvgIpc) is 2.17. The van der Waals surface area contributed by atoms with Crippen LogP contribution in [0.3, 0.4) is 0 Å². The van der Waals surface area contributed by atoms with E-state index < -0.39 is 23.2 Å². The van der Waals surface area contributed by atoms with E-state index in [1.807, 2.05) is 0 Å². The van der Waals surface area contributed by atoms with Gasteiger partial charge in [-0.15, -0.1) is 6.42 Å². The Kier molecular flexibility index (Phi) is 2.71. The fourth-order valence-corrected chi connectivity index (χ4v) is 0.974. The molecule has 1 rings (SSSR count). The van der Waals surface area contributed by atoms with Crippen LogP contribution in [0.4, 0.5) is 22.0 Å². The monoisotopic (exact) mass is 220 g/mol. The molecule has 0 nitrogen and oxygen atoms in total. The van der Waals surface area contributed by atoms with Crippen LogP contribution < -0.4 is 0 Å². The van der Waals surface area contributed by atoms with E-state index in [9.17, 15) is 22.0 Å². The van der Waals surface area contributed by atoms with E-state index in [2.05, 4.69) is 6.42 Å². The Labute approximate surface area is 82.7 Å². The van der Waals surface area contributed by atoms with Gasteiger partial charge in [-0.3, -0.25) is 0 Å². The lowest BCUT2D eigenvalue weighted by Gasteiger charge is -2.12. The number of hydrogen-bond acceptors (Lipinski definition) is 0. The second-order valence-corrected chi connectivity index (χ2v) is 2.80. The predicted molar refractivity (Wildman–Crippen MR) is 44.2 cm³/mol. The summed E-state index contributed by atoms with van der Waals surface area (Å²) < 4.78 is 62.2. The van der Waals surface area contributed by atoms with Gasteiger partial charge >= 0.3 is 12.1 Å². The lowest BCUT2D eigenvalue weighted by atomic mass is 10.1. The zero-order chi connectivity index (χ0) is 11.7. The number of benzene rings is 1.